The first-order valence-corrected chi connectivity index (χ1v) is 2.21. The Morgan fingerprint density at radius 3 is 1.60 bits per heavy atom. The Hall–Kier alpha value is 1.96. The van der Waals surface area contributed by atoms with E-state index in [1.54, 1.807) is 0 Å². The van der Waals surface area contributed by atoms with E-state index in [1.165, 1.54) is 6.16 Å². The van der Waals surface area contributed by atoms with Crippen molar-refractivity contribution in [3.63, 3.8) is 0 Å². The second-order valence-corrected chi connectivity index (χ2v) is 1.50. The average Bonchev–Trinajstić information content (AvgIpc) is 0.918. The molecule has 0 saturated heterocycles. The Morgan fingerprint density at radius 2 is 1.60 bits per heavy atom. The summed E-state index contributed by atoms with van der Waals surface area (Å²) in [5.74, 6) is 0. The molecule has 0 nitrogen and oxygen atoms in total. The zero-order valence-electron chi connectivity index (χ0n) is 3.29. The number of halogens is 1. The van der Waals surface area contributed by atoms with Crippen LogP contribution in [0.2, 0.25) is 0 Å². The van der Waals surface area contributed by atoms with E-state index >= 15 is 0 Å². The zero-order chi connectivity index (χ0) is 2.71. The second kappa shape index (κ2) is 16.7. The van der Waals surface area contributed by atoms with Crippen LogP contribution in [-0.2, 0) is 0 Å². The van der Waals surface area contributed by atoms with Gasteiger partial charge in [0.05, 0.1) is 0 Å². The third-order valence-corrected chi connectivity index (χ3v) is 0. The zero-order valence-corrected chi connectivity index (χ0v) is 9.72. The summed E-state index contributed by atoms with van der Waals surface area (Å²) in [7, 11) is 1.97. The molecule has 4 radical (unpaired) electrons. The molecule has 0 bridgehead atoms. The Morgan fingerprint density at radius 1 is 1.60 bits per heavy atom. The maximum atomic E-state index is 2.14. The summed E-state index contributed by atoms with van der Waals surface area (Å²) in [6.07, 6.45) is 1.28. The van der Waals surface area contributed by atoms with E-state index in [9.17, 15) is 0 Å². The van der Waals surface area contributed by atoms with Gasteiger partial charge in [-0.1, -0.05) is 0 Å². The molecule has 0 aromatic rings. The van der Waals surface area contributed by atoms with Gasteiger partial charge < -0.3 is 24.0 Å². The van der Waals surface area contributed by atoms with Crippen molar-refractivity contribution in [1.82, 2.24) is 0 Å². The first-order chi connectivity index (χ1) is 1.41. The summed E-state index contributed by atoms with van der Waals surface area (Å²) in [5.41, 5.74) is 0. The van der Waals surface area contributed by atoms with Crippen LogP contribution >= 0.6 is 9.24 Å². The monoisotopic (exact) mass is 310 g/mol. The van der Waals surface area contributed by atoms with Crippen LogP contribution in [0.25, 0.3) is 0 Å². The Balaban J connectivity index is -0.0000000200. The topological polar surface area (TPSA) is 0 Å². The summed E-state index contributed by atoms with van der Waals surface area (Å²) in [5, 5.41) is 0. The van der Waals surface area contributed by atoms with Crippen LogP contribution in [0.5, 0.6) is 0 Å². The van der Waals surface area contributed by atoms with E-state index in [-0.39, 0.29) is 47.9 Å². The minimum atomic E-state index is 0. The third kappa shape index (κ3) is 24.3. The van der Waals surface area contributed by atoms with Crippen LogP contribution < -0.4 is 24.0 Å². The van der Waals surface area contributed by atoms with E-state index in [0.717, 1.165) is 0 Å². The second-order valence-electron chi connectivity index (χ2n) is 0.500. The van der Waals surface area contributed by atoms with Gasteiger partial charge in [-0.15, -0.1) is 0 Å². The molecule has 0 aromatic heterocycles. The van der Waals surface area contributed by atoms with Crippen LogP contribution in [0.1, 0.15) is 6.92 Å². The van der Waals surface area contributed by atoms with Gasteiger partial charge in [0, 0.05) is 30.1 Å². The Labute approximate surface area is 69.7 Å². The smallest absolute Gasteiger partial charge is 0.0498 e. The summed E-state index contributed by atoms with van der Waals surface area (Å²) in [4.78, 5) is 0. The summed E-state index contributed by atoms with van der Waals surface area (Å²) < 4.78 is 0. The van der Waals surface area contributed by atoms with Gasteiger partial charge in [-0.2, -0.15) is 0 Å². The van der Waals surface area contributed by atoms with Crippen molar-refractivity contribution in [1.29, 1.82) is 0 Å². The molecule has 0 aliphatic carbocycles. The maximum absolute atomic E-state index is 2.14. The fourth-order valence-electron chi connectivity index (χ4n) is 0. The fraction of sp³-hybridized carbons (Fsp3) is 1.00. The molecule has 0 aliphatic rings. The first-order valence-electron chi connectivity index (χ1n) is 1.21. The van der Waals surface area contributed by atoms with Gasteiger partial charge in [0.15, 0.2) is 0 Å². The number of hydrogen-bond acceptors (Lipinski definition) is 0. The maximum Gasteiger partial charge on any atom is 0.0498 e. The minimum absolute atomic E-state index is 0. The van der Waals surface area contributed by atoms with Crippen molar-refractivity contribution in [3.8, 4) is 0 Å². The van der Waals surface area contributed by atoms with Gasteiger partial charge in [0.2, 0.25) is 0 Å². The van der Waals surface area contributed by atoms with Crippen LogP contribution in [0.4, 0.5) is 0 Å². The van der Waals surface area contributed by atoms with Crippen molar-refractivity contribution in [2.24, 2.45) is 0 Å². The minimum Gasteiger partial charge on any atom is -1.00 e. The normalized spacial score (nSPS) is 4.20. The van der Waals surface area contributed by atoms with E-state index < -0.39 is 0 Å². The third-order valence-electron chi connectivity index (χ3n) is 0. The molecule has 1 atom stereocenters. The quantitative estimate of drug-likeness (QED) is 0.258. The molecule has 0 aromatic carbocycles. The van der Waals surface area contributed by atoms with Crippen LogP contribution in [-0.4, -0.2) is 30.1 Å². The fourth-order valence-corrected chi connectivity index (χ4v) is 0. The van der Waals surface area contributed by atoms with Crippen LogP contribution in [0.15, 0.2) is 0 Å². The van der Waals surface area contributed by atoms with Crippen molar-refractivity contribution < 1.29 is 24.0 Å². The van der Waals surface area contributed by atoms with Crippen LogP contribution in [0.3, 0.4) is 0 Å². The molecular weight excluding hydrogens is 301 g/mol. The number of rotatable bonds is 0. The van der Waals surface area contributed by atoms with Crippen LogP contribution in [0, 0.1) is 0 Å². The Kier molecular flexibility index (Phi) is 52.8. The van der Waals surface area contributed by atoms with Gasteiger partial charge in [0.25, 0.3) is 0 Å². The average molecular weight is 309 g/mol. The van der Waals surface area contributed by atoms with E-state index in [2.05, 4.69) is 6.92 Å². The molecule has 1 unspecified atom stereocenters. The summed E-state index contributed by atoms with van der Waals surface area (Å²) in [6.45, 7) is 2.14. The van der Waals surface area contributed by atoms with Crippen molar-refractivity contribution in [3.05, 3.63) is 0 Å². The molecule has 0 heterocycles. The van der Waals surface area contributed by atoms with Crippen molar-refractivity contribution in [2.75, 3.05) is 6.16 Å². The molecule has 32 valence electrons. The summed E-state index contributed by atoms with van der Waals surface area (Å²) in [6, 6.07) is 0. The van der Waals surface area contributed by atoms with Gasteiger partial charge in [-0.25, -0.2) is 0 Å². The molecule has 5 heavy (non-hydrogen) atoms. The van der Waals surface area contributed by atoms with Gasteiger partial charge in [-0.3, -0.25) is 0 Å². The predicted molar refractivity (Wildman–Crippen MR) is 27.4 cm³/mol. The van der Waals surface area contributed by atoms with E-state index in [1.807, 2.05) is 9.24 Å². The number of hydrogen-bond donors (Lipinski definition) is 0. The van der Waals surface area contributed by atoms with Gasteiger partial charge in [0.1, 0.15) is 0 Å². The molecule has 0 amide bonds. The first kappa shape index (κ1) is 15.8. The van der Waals surface area contributed by atoms with Crippen molar-refractivity contribution in [2.45, 2.75) is 6.92 Å². The molecule has 0 saturated carbocycles. The SMILES string of the molecule is CC[PH3+].[I-].[Sn]. The molecule has 3 heteroatoms. The van der Waals surface area contributed by atoms with Gasteiger partial charge in [-0.05, 0) is 16.2 Å². The molecule has 0 fully saturated rings. The molecule has 0 aliphatic heterocycles. The summed E-state index contributed by atoms with van der Waals surface area (Å²) >= 11 is 0. The van der Waals surface area contributed by atoms with Crippen molar-refractivity contribution >= 4 is 33.1 Å². The molecule has 0 rings (SSSR count). The standard InChI is InChI=1S/C2H7P.HI.Sn/c1-2-3;;/h2-3H2,1H3;1H;. The molecule has 0 spiro atoms. The largest absolute Gasteiger partial charge is 1.00 e. The van der Waals surface area contributed by atoms with E-state index in [0.29, 0.717) is 0 Å². The molecule has 0 N–H and O–H groups in total. The Bertz CT molecular complexity index is 9.61. The molecular formula is C2H8IPSn. The van der Waals surface area contributed by atoms with Gasteiger partial charge >= 0.3 is 0 Å². The van der Waals surface area contributed by atoms with E-state index in [4.69, 9.17) is 0 Å². The predicted octanol–water partition coefficient (Wildman–Crippen LogP) is -2.76.